The first-order chi connectivity index (χ1) is 11.8. The maximum Gasteiger partial charge on any atom is 0.126 e. The molecule has 1 nitrogen and oxygen atoms in total. The van der Waals surface area contributed by atoms with E-state index in [0.717, 1.165) is 18.6 Å². The summed E-state index contributed by atoms with van der Waals surface area (Å²) in [6.45, 7) is 2.07. The number of aryl methyl sites for hydroxylation is 2. The molecule has 0 atom stereocenters. The van der Waals surface area contributed by atoms with Crippen molar-refractivity contribution in [3.8, 4) is 5.75 Å². The molecule has 0 unspecified atom stereocenters. The standard InChI is InChI=1S/C23H22O/c1-19-9-8-14-23(17-19)24-18-22(21-12-6-3-7-13-21)16-15-20-10-4-2-5-11-20/h2-14,17-18H,15-16H2,1H3/b22-18+. The monoisotopic (exact) mass is 314 g/mol. The lowest BCUT2D eigenvalue weighted by Crippen LogP contribution is -1.93. The molecule has 0 spiro atoms. The molecule has 3 aromatic carbocycles. The van der Waals surface area contributed by atoms with E-state index in [1.165, 1.54) is 22.3 Å². The van der Waals surface area contributed by atoms with Crippen molar-refractivity contribution < 1.29 is 4.74 Å². The summed E-state index contributed by atoms with van der Waals surface area (Å²) in [6.07, 6.45) is 3.84. The largest absolute Gasteiger partial charge is 0.465 e. The number of benzene rings is 3. The normalized spacial score (nSPS) is 11.3. The summed E-state index contributed by atoms with van der Waals surface area (Å²) in [6, 6.07) is 29.2. The second-order valence-electron chi connectivity index (χ2n) is 5.93. The highest BCUT2D eigenvalue weighted by Gasteiger charge is 2.04. The third-order valence-corrected chi connectivity index (χ3v) is 4.00. The van der Waals surface area contributed by atoms with Gasteiger partial charge in [0.15, 0.2) is 0 Å². The van der Waals surface area contributed by atoms with E-state index in [4.69, 9.17) is 4.74 Å². The molecule has 3 aromatic rings. The van der Waals surface area contributed by atoms with Crippen LogP contribution in [-0.4, -0.2) is 0 Å². The Morgan fingerprint density at radius 1 is 0.833 bits per heavy atom. The van der Waals surface area contributed by atoms with Crippen molar-refractivity contribution in [3.05, 3.63) is 108 Å². The van der Waals surface area contributed by atoms with Gasteiger partial charge in [-0.3, -0.25) is 0 Å². The van der Waals surface area contributed by atoms with E-state index in [2.05, 4.69) is 73.7 Å². The predicted molar refractivity (Wildman–Crippen MR) is 101 cm³/mol. The van der Waals surface area contributed by atoms with Crippen molar-refractivity contribution in [2.75, 3.05) is 0 Å². The van der Waals surface area contributed by atoms with E-state index in [0.29, 0.717) is 0 Å². The van der Waals surface area contributed by atoms with Crippen molar-refractivity contribution >= 4 is 5.57 Å². The molecular weight excluding hydrogens is 292 g/mol. The fraction of sp³-hybridized carbons (Fsp3) is 0.130. The van der Waals surface area contributed by atoms with Crippen LogP contribution in [0.15, 0.2) is 91.2 Å². The quantitative estimate of drug-likeness (QED) is 0.503. The second kappa shape index (κ2) is 8.16. The van der Waals surface area contributed by atoms with E-state index >= 15 is 0 Å². The molecule has 0 aliphatic rings. The van der Waals surface area contributed by atoms with Crippen molar-refractivity contribution in [1.82, 2.24) is 0 Å². The van der Waals surface area contributed by atoms with Gasteiger partial charge in [-0.15, -0.1) is 0 Å². The third-order valence-electron chi connectivity index (χ3n) is 4.00. The first-order valence-electron chi connectivity index (χ1n) is 8.33. The Morgan fingerprint density at radius 3 is 2.25 bits per heavy atom. The van der Waals surface area contributed by atoms with Gasteiger partial charge in [-0.05, 0) is 54.2 Å². The Hall–Kier alpha value is -2.80. The Bertz CT molecular complexity index is 789. The van der Waals surface area contributed by atoms with Crippen LogP contribution in [0.1, 0.15) is 23.1 Å². The van der Waals surface area contributed by atoms with Gasteiger partial charge in [-0.2, -0.15) is 0 Å². The summed E-state index contributed by atoms with van der Waals surface area (Å²) in [5, 5.41) is 0. The van der Waals surface area contributed by atoms with Crippen LogP contribution in [0, 0.1) is 6.92 Å². The maximum atomic E-state index is 5.93. The molecule has 0 heterocycles. The van der Waals surface area contributed by atoms with Crippen LogP contribution in [-0.2, 0) is 6.42 Å². The first-order valence-corrected chi connectivity index (χ1v) is 8.33. The topological polar surface area (TPSA) is 9.23 Å². The van der Waals surface area contributed by atoms with E-state index in [9.17, 15) is 0 Å². The lowest BCUT2D eigenvalue weighted by atomic mass is 9.99. The molecule has 0 N–H and O–H groups in total. The van der Waals surface area contributed by atoms with Gasteiger partial charge in [0.2, 0.25) is 0 Å². The zero-order valence-electron chi connectivity index (χ0n) is 14.0. The Labute approximate surface area is 144 Å². The van der Waals surface area contributed by atoms with Crippen LogP contribution in [0.3, 0.4) is 0 Å². The van der Waals surface area contributed by atoms with Gasteiger partial charge < -0.3 is 4.74 Å². The summed E-state index contributed by atoms with van der Waals surface area (Å²) in [7, 11) is 0. The lowest BCUT2D eigenvalue weighted by molar-refractivity contribution is 0.481. The molecule has 0 saturated carbocycles. The average molecular weight is 314 g/mol. The molecule has 1 heteroatoms. The number of allylic oxidation sites excluding steroid dienone is 1. The lowest BCUT2D eigenvalue weighted by Gasteiger charge is -2.09. The van der Waals surface area contributed by atoms with Gasteiger partial charge in [0.05, 0.1) is 6.26 Å². The van der Waals surface area contributed by atoms with Crippen LogP contribution < -0.4 is 4.74 Å². The van der Waals surface area contributed by atoms with Crippen molar-refractivity contribution in [2.24, 2.45) is 0 Å². The first kappa shape index (κ1) is 16.1. The number of ether oxygens (including phenoxy) is 1. The summed E-state index contributed by atoms with van der Waals surface area (Å²) < 4.78 is 5.93. The van der Waals surface area contributed by atoms with Crippen LogP contribution in [0.2, 0.25) is 0 Å². The van der Waals surface area contributed by atoms with Gasteiger partial charge >= 0.3 is 0 Å². The van der Waals surface area contributed by atoms with E-state index in [1.807, 2.05) is 24.5 Å². The number of rotatable bonds is 6. The smallest absolute Gasteiger partial charge is 0.126 e. The number of hydrogen-bond donors (Lipinski definition) is 0. The van der Waals surface area contributed by atoms with Gasteiger partial charge in [-0.25, -0.2) is 0 Å². The van der Waals surface area contributed by atoms with Gasteiger partial charge in [0.25, 0.3) is 0 Å². The molecule has 120 valence electrons. The van der Waals surface area contributed by atoms with Crippen LogP contribution in [0.4, 0.5) is 0 Å². The summed E-state index contributed by atoms with van der Waals surface area (Å²) in [5.74, 6) is 0.878. The fourth-order valence-corrected chi connectivity index (χ4v) is 2.68. The second-order valence-corrected chi connectivity index (χ2v) is 5.93. The zero-order chi connectivity index (χ0) is 16.6. The average Bonchev–Trinajstić information content (AvgIpc) is 2.63. The minimum Gasteiger partial charge on any atom is -0.465 e. The molecule has 0 amide bonds. The highest BCUT2D eigenvalue weighted by Crippen LogP contribution is 2.22. The summed E-state index contributed by atoms with van der Waals surface area (Å²) in [4.78, 5) is 0. The van der Waals surface area contributed by atoms with Crippen LogP contribution >= 0.6 is 0 Å². The Kier molecular flexibility index (Phi) is 5.47. The van der Waals surface area contributed by atoms with Crippen molar-refractivity contribution in [3.63, 3.8) is 0 Å². The molecule has 0 aliphatic heterocycles. The zero-order valence-corrected chi connectivity index (χ0v) is 14.0. The molecule has 0 aromatic heterocycles. The van der Waals surface area contributed by atoms with E-state index in [-0.39, 0.29) is 0 Å². The Balaban J connectivity index is 1.78. The fourth-order valence-electron chi connectivity index (χ4n) is 2.68. The predicted octanol–water partition coefficient (Wildman–Crippen LogP) is 6.05. The third kappa shape index (κ3) is 4.60. The molecule has 0 bridgehead atoms. The highest BCUT2D eigenvalue weighted by atomic mass is 16.5. The minimum atomic E-state index is 0.878. The molecule has 0 fully saturated rings. The van der Waals surface area contributed by atoms with Crippen molar-refractivity contribution in [1.29, 1.82) is 0 Å². The summed E-state index contributed by atoms with van der Waals surface area (Å²) in [5.41, 5.74) is 4.96. The minimum absolute atomic E-state index is 0.878. The number of hydrogen-bond acceptors (Lipinski definition) is 1. The van der Waals surface area contributed by atoms with Gasteiger partial charge in [-0.1, -0.05) is 72.8 Å². The molecule has 3 rings (SSSR count). The van der Waals surface area contributed by atoms with E-state index in [1.54, 1.807) is 0 Å². The summed E-state index contributed by atoms with van der Waals surface area (Å²) >= 11 is 0. The SMILES string of the molecule is Cc1cccc(O/C=C(\CCc2ccccc2)c2ccccc2)c1. The van der Waals surface area contributed by atoms with Gasteiger partial charge in [0.1, 0.15) is 5.75 Å². The molecular formula is C23H22O. The Morgan fingerprint density at radius 2 is 1.54 bits per heavy atom. The molecule has 24 heavy (non-hydrogen) atoms. The van der Waals surface area contributed by atoms with E-state index < -0.39 is 0 Å². The van der Waals surface area contributed by atoms with Crippen molar-refractivity contribution in [2.45, 2.75) is 19.8 Å². The van der Waals surface area contributed by atoms with Gasteiger partial charge in [0, 0.05) is 0 Å². The molecule has 0 radical (unpaired) electrons. The van der Waals surface area contributed by atoms with Crippen LogP contribution in [0.5, 0.6) is 5.75 Å². The molecule has 0 aliphatic carbocycles. The highest BCUT2D eigenvalue weighted by molar-refractivity contribution is 5.65. The maximum absolute atomic E-state index is 5.93. The van der Waals surface area contributed by atoms with Crippen LogP contribution in [0.25, 0.3) is 5.57 Å². The molecule has 0 saturated heterocycles.